The summed E-state index contributed by atoms with van der Waals surface area (Å²) in [6, 6.07) is 9.53. The molecule has 0 atom stereocenters. The van der Waals surface area contributed by atoms with E-state index in [-0.39, 0.29) is 4.90 Å². The number of rotatable bonds is 5. The maximum atomic E-state index is 12.9. The van der Waals surface area contributed by atoms with Crippen LogP contribution < -0.4 is 5.32 Å². The number of nitrogens with one attached hydrogen (secondary N) is 1. The Morgan fingerprint density at radius 2 is 1.81 bits per heavy atom. The molecule has 0 unspecified atom stereocenters. The van der Waals surface area contributed by atoms with E-state index in [1.807, 2.05) is 29.6 Å². The van der Waals surface area contributed by atoms with E-state index >= 15 is 0 Å². The first-order valence-electron chi connectivity index (χ1n) is 11.3. The van der Waals surface area contributed by atoms with Crippen LogP contribution in [0.4, 0.5) is 5.69 Å². The molecule has 3 heterocycles. The molecule has 8 heteroatoms. The minimum absolute atomic E-state index is 0.263. The Hall–Kier alpha value is -1.74. The summed E-state index contributed by atoms with van der Waals surface area (Å²) in [5.41, 5.74) is 1.54. The second-order valence-electron chi connectivity index (χ2n) is 8.91. The van der Waals surface area contributed by atoms with Crippen molar-refractivity contribution in [2.75, 3.05) is 44.6 Å². The second kappa shape index (κ2) is 9.02. The van der Waals surface area contributed by atoms with Gasteiger partial charge in [0.2, 0.25) is 0 Å². The molecule has 0 radical (unpaired) electrons. The Balaban J connectivity index is 1.21. The van der Waals surface area contributed by atoms with E-state index in [1.54, 1.807) is 17.4 Å². The molecule has 5 rings (SSSR count). The van der Waals surface area contributed by atoms with E-state index in [9.17, 15) is 8.42 Å². The van der Waals surface area contributed by atoms with Crippen LogP contribution in [-0.2, 0) is 10.0 Å². The molecule has 2 aliphatic heterocycles. The van der Waals surface area contributed by atoms with Crippen molar-refractivity contribution in [2.45, 2.75) is 37.0 Å². The molecule has 6 nitrogen and oxygen atoms in total. The molecule has 3 aliphatic rings. The van der Waals surface area contributed by atoms with Crippen molar-refractivity contribution in [1.29, 1.82) is 0 Å². The number of anilines is 1. The number of sulfonamides is 1. The lowest BCUT2D eigenvalue weighted by molar-refractivity contribution is 0.119. The monoisotopic (exact) mass is 458 g/mol. The maximum Gasteiger partial charge on any atom is 0.286 e. The summed E-state index contributed by atoms with van der Waals surface area (Å²) in [5.74, 6) is 1.39. The lowest BCUT2D eigenvalue weighted by Crippen LogP contribution is -2.50. The van der Waals surface area contributed by atoms with E-state index in [2.05, 4.69) is 19.5 Å². The van der Waals surface area contributed by atoms with Crippen molar-refractivity contribution < 1.29 is 8.42 Å². The largest absolute Gasteiger partial charge is 0.341 e. The topological polar surface area (TPSA) is 65.0 Å². The van der Waals surface area contributed by atoms with E-state index in [0.717, 1.165) is 42.5 Å². The van der Waals surface area contributed by atoms with Crippen LogP contribution in [-0.4, -0.2) is 63.3 Å². The van der Waals surface area contributed by atoms with Gasteiger partial charge < -0.3 is 10.2 Å². The Kier molecular flexibility index (Phi) is 6.14. The number of thiophene rings is 1. The predicted molar refractivity (Wildman–Crippen MR) is 127 cm³/mol. The normalized spacial score (nSPS) is 22.5. The van der Waals surface area contributed by atoms with Crippen molar-refractivity contribution in [3.63, 3.8) is 0 Å². The SMILES string of the molecule is O=S1(=O)N=C(CN2CCN(CC3CCCCC3)CC2)Nc2ccc(-c3cccs3)cc21. The number of piperazine rings is 1. The van der Waals surface area contributed by atoms with Gasteiger partial charge in [0, 0.05) is 37.6 Å². The molecule has 0 spiro atoms. The number of benzene rings is 1. The fourth-order valence-corrected chi connectivity index (χ4v) is 6.84. The van der Waals surface area contributed by atoms with E-state index in [1.165, 1.54) is 38.6 Å². The Labute approximate surface area is 189 Å². The average molecular weight is 459 g/mol. The summed E-state index contributed by atoms with van der Waals surface area (Å²) in [6.45, 7) is 5.79. The van der Waals surface area contributed by atoms with Crippen molar-refractivity contribution in [2.24, 2.45) is 10.3 Å². The van der Waals surface area contributed by atoms with Gasteiger partial charge >= 0.3 is 0 Å². The molecule has 1 saturated heterocycles. The maximum absolute atomic E-state index is 12.9. The highest BCUT2D eigenvalue weighted by molar-refractivity contribution is 7.90. The summed E-state index contributed by atoms with van der Waals surface area (Å²) in [7, 11) is -3.69. The zero-order valence-electron chi connectivity index (χ0n) is 17.8. The molecule has 2 fully saturated rings. The Morgan fingerprint density at radius 3 is 2.55 bits per heavy atom. The fourth-order valence-electron chi connectivity index (χ4n) is 4.95. The van der Waals surface area contributed by atoms with Crippen LogP contribution in [0.1, 0.15) is 32.1 Å². The first kappa shape index (κ1) is 21.1. The summed E-state index contributed by atoms with van der Waals surface area (Å²) >= 11 is 1.60. The average Bonchev–Trinajstić information content (AvgIpc) is 3.30. The molecule has 1 saturated carbocycles. The standard InChI is InChI=1S/C23H30N4O2S2/c28-31(29)22-15-19(21-7-4-14-30-21)8-9-20(22)24-23(25-31)17-27-12-10-26(11-13-27)16-18-5-2-1-3-6-18/h4,7-9,14-15,18H,1-3,5-6,10-13,16-17H2,(H,24,25). The van der Waals surface area contributed by atoms with Crippen molar-refractivity contribution in [1.82, 2.24) is 9.80 Å². The first-order valence-corrected chi connectivity index (χ1v) is 13.6. The quantitative estimate of drug-likeness (QED) is 0.730. The summed E-state index contributed by atoms with van der Waals surface area (Å²) < 4.78 is 29.8. The molecular formula is C23H30N4O2S2. The number of hydrogen-bond donors (Lipinski definition) is 1. The summed E-state index contributed by atoms with van der Waals surface area (Å²) in [6.07, 6.45) is 6.95. The molecule has 1 N–H and O–H groups in total. The van der Waals surface area contributed by atoms with Crippen LogP contribution in [0.25, 0.3) is 10.4 Å². The smallest absolute Gasteiger partial charge is 0.286 e. The van der Waals surface area contributed by atoms with Gasteiger partial charge in [0.25, 0.3) is 10.0 Å². The second-order valence-corrected chi connectivity index (χ2v) is 11.4. The highest BCUT2D eigenvalue weighted by Crippen LogP contribution is 2.34. The zero-order chi connectivity index (χ0) is 21.3. The lowest BCUT2D eigenvalue weighted by Gasteiger charge is -2.37. The van der Waals surface area contributed by atoms with Gasteiger partial charge in [-0.2, -0.15) is 8.42 Å². The van der Waals surface area contributed by atoms with Crippen LogP contribution in [0.3, 0.4) is 0 Å². The number of nitrogens with zero attached hydrogens (tertiary/aromatic N) is 3. The molecule has 0 amide bonds. The lowest BCUT2D eigenvalue weighted by atomic mass is 9.89. The molecule has 1 aromatic carbocycles. The van der Waals surface area contributed by atoms with E-state index in [4.69, 9.17) is 0 Å². The van der Waals surface area contributed by atoms with Crippen LogP contribution in [0.2, 0.25) is 0 Å². The number of amidine groups is 1. The van der Waals surface area contributed by atoms with Gasteiger partial charge in [0.05, 0.1) is 12.2 Å². The molecule has 166 valence electrons. The van der Waals surface area contributed by atoms with Gasteiger partial charge in [-0.15, -0.1) is 15.7 Å². The molecule has 2 aromatic rings. The highest BCUT2D eigenvalue weighted by atomic mass is 32.2. The summed E-state index contributed by atoms with van der Waals surface area (Å²) in [5, 5.41) is 5.26. The number of fused-ring (bicyclic) bond motifs is 1. The third kappa shape index (κ3) is 4.87. The van der Waals surface area contributed by atoms with Gasteiger partial charge in [-0.1, -0.05) is 31.4 Å². The molecule has 0 bridgehead atoms. The van der Waals surface area contributed by atoms with E-state index in [0.29, 0.717) is 18.1 Å². The third-order valence-corrected chi connectivity index (χ3v) is 8.93. The van der Waals surface area contributed by atoms with Gasteiger partial charge in [0.1, 0.15) is 10.7 Å². The molecule has 31 heavy (non-hydrogen) atoms. The van der Waals surface area contributed by atoms with Gasteiger partial charge in [-0.3, -0.25) is 4.90 Å². The minimum atomic E-state index is -3.69. The molecule has 1 aliphatic carbocycles. The van der Waals surface area contributed by atoms with Gasteiger partial charge in [-0.05, 0) is 47.9 Å². The fraction of sp³-hybridized carbons (Fsp3) is 0.522. The van der Waals surface area contributed by atoms with Crippen molar-refractivity contribution in [3.8, 4) is 10.4 Å². The molecular weight excluding hydrogens is 428 g/mol. The highest BCUT2D eigenvalue weighted by Gasteiger charge is 2.28. The first-order chi connectivity index (χ1) is 15.1. The van der Waals surface area contributed by atoms with Crippen molar-refractivity contribution >= 4 is 32.9 Å². The minimum Gasteiger partial charge on any atom is -0.341 e. The van der Waals surface area contributed by atoms with Crippen LogP contribution in [0.5, 0.6) is 0 Å². The number of hydrogen-bond acceptors (Lipinski definition) is 6. The molecule has 1 aromatic heterocycles. The van der Waals surface area contributed by atoms with Crippen LogP contribution >= 0.6 is 11.3 Å². The van der Waals surface area contributed by atoms with Gasteiger partial charge in [0.15, 0.2) is 0 Å². The van der Waals surface area contributed by atoms with Crippen molar-refractivity contribution in [3.05, 3.63) is 35.7 Å². The zero-order valence-corrected chi connectivity index (χ0v) is 19.4. The summed E-state index contributed by atoms with van der Waals surface area (Å²) in [4.78, 5) is 6.21. The Bertz CT molecular complexity index is 1040. The Morgan fingerprint density at radius 1 is 1.03 bits per heavy atom. The van der Waals surface area contributed by atoms with Gasteiger partial charge in [-0.25, -0.2) is 0 Å². The predicted octanol–water partition coefficient (Wildman–Crippen LogP) is 4.13. The third-order valence-electron chi connectivity index (χ3n) is 6.65. The van der Waals surface area contributed by atoms with Crippen LogP contribution in [0, 0.1) is 5.92 Å². The van der Waals surface area contributed by atoms with Crippen LogP contribution in [0.15, 0.2) is 45.0 Å². The van der Waals surface area contributed by atoms with E-state index < -0.39 is 10.0 Å².